The first-order valence-corrected chi connectivity index (χ1v) is 11.4. The van der Waals surface area contributed by atoms with Gasteiger partial charge in [-0.2, -0.15) is 4.98 Å². The summed E-state index contributed by atoms with van der Waals surface area (Å²) >= 11 is 0. The topological polar surface area (TPSA) is 82.8 Å². The fourth-order valence-electron chi connectivity index (χ4n) is 4.20. The van der Waals surface area contributed by atoms with Gasteiger partial charge in [0.2, 0.25) is 5.88 Å². The highest BCUT2D eigenvalue weighted by molar-refractivity contribution is 5.68. The lowest BCUT2D eigenvalue weighted by Gasteiger charge is -2.24. The zero-order valence-electron chi connectivity index (χ0n) is 19.0. The highest BCUT2D eigenvalue weighted by Crippen LogP contribution is 2.30. The minimum atomic E-state index is -1.25. The van der Waals surface area contributed by atoms with Crippen LogP contribution in [0.5, 0.6) is 5.88 Å². The predicted octanol–water partition coefficient (Wildman–Crippen LogP) is 2.52. The molecule has 1 N–H and O–H groups in total. The molecule has 0 bridgehead atoms. The number of nitrogens with zero attached hydrogens (tertiary/aromatic N) is 2. The number of fused-ring (bicyclic) bond motifs is 3. The van der Waals surface area contributed by atoms with Crippen LogP contribution in [0.4, 0.5) is 0 Å². The Morgan fingerprint density at radius 2 is 2.06 bits per heavy atom. The van der Waals surface area contributed by atoms with E-state index in [0.29, 0.717) is 32.8 Å². The smallest absolute Gasteiger partial charge is 0.351 e. The number of hydrogen-bond acceptors (Lipinski definition) is 6. The van der Waals surface area contributed by atoms with Crippen LogP contribution < -0.4 is 10.4 Å². The van der Waals surface area contributed by atoms with E-state index in [1.54, 1.807) is 17.6 Å². The normalized spacial score (nSPS) is 18.6. The molecule has 2 aromatic carbocycles. The van der Waals surface area contributed by atoms with Gasteiger partial charge in [-0.3, -0.25) is 4.57 Å². The largest absolute Gasteiger partial charge is 0.475 e. The van der Waals surface area contributed by atoms with Crippen molar-refractivity contribution < 1.29 is 19.3 Å². The lowest BCUT2D eigenvalue weighted by atomic mass is 9.94. The van der Waals surface area contributed by atoms with Crippen LogP contribution in [0.1, 0.15) is 23.6 Å². The molecule has 0 saturated carbocycles. The maximum atomic E-state index is 12.6. The Morgan fingerprint density at radius 1 is 1.21 bits per heavy atom. The predicted molar refractivity (Wildman–Crippen MR) is 127 cm³/mol. The molecule has 0 amide bonds. The van der Waals surface area contributed by atoms with Crippen LogP contribution in [0.3, 0.4) is 0 Å². The maximum Gasteiger partial charge on any atom is 0.351 e. The van der Waals surface area contributed by atoms with E-state index >= 15 is 0 Å². The van der Waals surface area contributed by atoms with Gasteiger partial charge in [0.25, 0.3) is 0 Å². The molecule has 0 aliphatic carbocycles. The van der Waals surface area contributed by atoms with E-state index in [2.05, 4.69) is 16.8 Å². The van der Waals surface area contributed by atoms with Crippen molar-refractivity contribution in [3.05, 3.63) is 81.8 Å². The third kappa shape index (κ3) is 4.75. The Labute approximate surface area is 197 Å². The quantitative estimate of drug-likeness (QED) is 0.605. The molecule has 1 aromatic heterocycles. The average Bonchev–Trinajstić information content (AvgIpc) is 2.87. The number of ether oxygens (including phenoxy) is 3. The van der Waals surface area contributed by atoms with E-state index in [0.717, 1.165) is 27.9 Å². The first kappa shape index (κ1) is 22.4. The molecular weight excluding hydrogens is 432 g/mol. The summed E-state index contributed by atoms with van der Waals surface area (Å²) < 4.78 is 18.4. The minimum absolute atomic E-state index is 0.171. The summed E-state index contributed by atoms with van der Waals surface area (Å²) in [6.45, 7) is 4.09. The maximum absolute atomic E-state index is 12.6. The molecule has 0 radical (unpaired) electrons. The van der Waals surface area contributed by atoms with Crippen molar-refractivity contribution in [2.45, 2.75) is 31.6 Å². The van der Waals surface area contributed by atoms with Crippen molar-refractivity contribution in [2.75, 3.05) is 26.4 Å². The van der Waals surface area contributed by atoms with Crippen molar-refractivity contribution in [1.82, 2.24) is 9.55 Å². The van der Waals surface area contributed by atoms with Gasteiger partial charge < -0.3 is 19.3 Å². The lowest BCUT2D eigenvalue weighted by molar-refractivity contribution is -0.102. The second-order valence-electron chi connectivity index (χ2n) is 8.60. The lowest BCUT2D eigenvalue weighted by Crippen LogP contribution is -2.34. The molecule has 1 saturated heterocycles. The van der Waals surface area contributed by atoms with E-state index in [4.69, 9.17) is 14.2 Å². The molecule has 7 nitrogen and oxygen atoms in total. The molecule has 5 rings (SSSR count). The first-order chi connectivity index (χ1) is 16.5. The number of aliphatic hydroxyl groups is 1. The van der Waals surface area contributed by atoms with Gasteiger partial charge in [-0.1, -0.05) is 48.2 Å². The highest BCUT2D eigenvalue weighted by atomic mass is 16.6. The van der Waals surface area contributed by atoms with E-state index in [-0.39, 0.29) is 24.3 Å². The average molecular weight is 459 g/mol. The van der Waals surface area contributed by atoms with Crippen LogP contribution in [-0.2, 0) is 28.0 Å². The molecule has 174 valence electrons. The summed E-state index contributed by atoms with van der Waals surface area (Å²) in [7, 11) is 0. The van der Waals surface area contributed by atoms with Crippen molar-refractivity contribution in [1.29, 1.82) is 0 Å². The number of rotatable bonds is 4. The Hall–Kier alpha value is -3.44. The Morgan fingerprint density at radius 3 is 2.85 bits per heavy atom. The number of hydrogen-bond donors (Lipinski definition) is 1. The zero-order valence-corrected chi connectivity index (χ0v) is 19.0. The third-order valence-corrected chi connectivity index (χ3v) is 6.06. The van der Waals surface area contributed by atoms with Crippen molar-refractivity contribution in [2.24, 2.45) is 0 Å². The molecule has 3 heterocycles. The highest BCUT2D eigenvalue weighted by Gasteiger charge is 2.22. The van der Waals surface area contributed by atoms with Gasteiger partial charge in [-0.25, -0.2) is 4.79 Å². The molecule has 3 aromatic rings. The third-order valence-electron chi connectivity index (χ3n) is 6.06. The molecule has 2 aliphatic heterocycles. The van der Waals surface area contributed by atoms with E-state index in [9.17, 15) is 9.90 Å². The zero-order chi connectivity index (χ0) is 23.5. The molecule has 7 heteroatoms. The van der Waals surface area contributed by atoms with Crippen molar-refractivity contribution >= 4 is 0 Å². The Kier molecular flexibility index (Phi) is 6.20. The summed E-state index contributed by atoms with van der Waals surface area (Å²) in [5.41, 5.74) is 2.79. The van der Waals surface area contributed by atoms with Crippen molar-refractivity contribution in [3.63, 3.8) is 0 Å². The number of aryl methyl sites for hydroxylation is 1. The summed E-state index contributed by atoms with van der Waals surface area (Å²) in [5.74, 6) is 6.37. The van der Waals surface area contributed by atoms with Gasteiger partial charge in [0.15, 0.2) is 0 Å². The minimum Gasteiger partial charge on any atom is -0.475 e. The number of benzene rings is 2. The first-order valence-electron chi connectivity index (χ1n) is 11.4. The van der Waals surface area contributed by atoms with E-state index < -0.39 is 5.60 Å². The van der Waals surface area contributed by atoms with Crippen LogP contribution in [-0.4, -0.2) is 47.2 Å². The van der Waals surface area contributed by atoms with Crippen LogP contribution in [0, 0.1) is 11.8 Å². The van der Waals surface area contributed by atoms with Gasteiger partial charge in [-0.15, -0.1) is 0 Å². The monoisotopic (exact) mass is 458 g/mol. The van der Waals surface area contributed by atoms with Crippen LogP contribution in [0.15, 0.2) is 59.4 Å². The summed E-state index contributed by atoms with van der Waals surface area (Å²) in [6.07, 6.45) is 0.526. The number of aromatic nitrogens is 2. The van der Waals surface area contributed by atoms with E-state index in [1.165, 1.54) is 0 Å². The Bertz CT molecular complexity index is 1300. The molecule has 2 atom stereocenters. The second kappa shape index (κ2) is 9.43. The fraction of sp³-hybridized carbons (Fsp3) is 0.333. The molecular formula is C27H26N2O5. The van der Waals surface area contributed by atoms with Crippen LogP contribution in [0.25, 0.3) is 11.3 Å². The standard InChI is InChI=1S/C27H26N2O5/c1-27(31,21-5-3-2-4-6-21)11-9-19-7-8-23-20(15-19)10-12-29-24(23)16-25(28-26(29)30)34-18-22-17-32-13-14-33-22/h2-8,15-16,22,31H,10,12-14,17-18H2,1H3. The van der Waals surface area contributed by atoms with Gasteiger partial charge in [0, 0.05) is 23.7 Å². The van der Waals surface area contributed by atoms with E-state index in [1.807, 2.05) is 48.5 Å². The molecule has 34 heavy (non-hydrogen) atoms. The fourth-order valence-corrected chi connectivity index (χ4v) is 4.20. The van der Waals surface area contributed by atoms with Crippen molar-refractivity contribution in [3.8, 4) is 29.0 Å². The van der Waals surface area contributed by atoms with Gasteiger partial charge in [0.05, 0.1) is 25.5 Å². The second-order valence-corrected chi connectivity index (χ2v) is 8.60. The molecule has 2 unspecified atom stereocenters. The van der Waals surface area contributed by atoms with Gasteiger partial charge in [0.1, 0.15) is 18.3 Å². The Balaban J connectivity index is 1.39. The molecule has 1 fully saturated rings. The summed E-state index contributed by atoms with van der Waals surface area (Å²) in [4.78, 5) is 16.7. The summed E-state index contributed by atoms with van der Waals surface area (Å²) in [5, 5.41) is 10.8. The van der Waals surface area contributed by atoms with Gasteiger partial charge >= 0.3 is 5.69 Å². The SMILES string of the molecule is CC(O)(C#Cc1ccc2c(c1)CCn1c-2cc(OCC2COCCO2)nc1=O)c1ccccc1. The summed E-state index contributed by atoms with van der Waals surface area (Å²) in [6, 6.07) is 17.1. The van der Waals surface area contributed by atoms with Crippen LogP contribution in [0.2, 0.25) is 0 Å². The molecule has 2 aliphatic rings. The van der Waals surface area contributed by atoms with Crippen LogP contribution >= 0.6 is 0 Å². The molecule has 0 spiro atoms. The van der Waals surface area contributed by atoms with Gasteiger partial charge in [-0.05, 0) is 36.6 Å².